The highest BCUT2D eigenvalue weighted by atomic mass is 79.9. The summed E-state index contributed by atoms with van der Waals surface area (Å²) < 4.78 is 21.3. The van der Waals surface area contributed by atoms with E-state index in [1.165, 1.54) is 6.33 Å². The van der Waals surface area contributed by atoms with Crippen LogP contribution in [0.4, 0.5) is 0 Å². The van der Waals surface area contributed by atoms with Crippen molar-refractivity contribution < 1.29 is 18.9 Å². The predicted octanol–water partition coefficient (Wildman–Crippen LogP) is 1.95. The van der Waals surface area contributed by atoms with Crippen molar-refractivity contribution in [3.63, 3.8) is 0 Å². The summed E-state index contributed by atoms with van der Waals surface area (Å²) in [4.78, 5) is 7.75. The Hall–Kier alpha value is -0.470. The average molecular weight is 356 g/mol. The smallest absolute Gasteiger partial charge is 0.232 e. The molecule has 0 amide bonds. The fourth-order valence-electron chi connectivity index (χ4n) is 1.10. The molecule has 1 rings (SSSR count). The molecule has 19 heavy (non-hydrogen) atoms. The maximum atomic E-state index is 5.80. The number of methoxy groups -OCH3 is 1. The molecular formula is C11H16BrClN2O4. The van der Waals surface area contributed by atoms with Crippen molar-refractivity contribution in [1.82, 2.24) is 9.97 Å². The van der Waals surface area contributed by atoms with Gasteiger partial charge in [0.25, 0.3) is 0 Å². The molecule has 0 aliphatic heterocycles. The van der Waals surface area contributed by atoms with Crippen LogP contribution in [0.2, 0.25) is 5.15 Å². The predicted molar refractivity (Wildman–Crippen MR) is 73.8 cm³/mol. The zero-order valence-electron chi connectivity index (χ0n) is 10.6. The van der Waals surface area contributed by atoms with Crippen molar-refractivity contribution in [3.05, 3.63) is 16.0 Å². The first kappa shape index (κ1) is 16.6. The second-order valence-electron chi connectivity index (χ2n) is 3.35. The van der Waals surface area contributed by atoms with Crippen molar-refractivity contribution in [3.8, 4) is 5.88 Å². The number of ether oxygens (including phenoxy) is 4. The second-order valence-corrected chi connectivity index (χ2v) is 4.50. The Morgan fingerprint density at radius 3 is 2.37 bits per heavy atom. The van der Waals surface area contributed by atoms with Crippen LogP contribution in [0, 0.1) is 0 Å². The quantitative estimate of drug-likeness (QED) is 0.472. The van der Waals surface area contributed by atoms with Gasteiger partial charge in [-0.3, -0.25) is 0 Å². The maximum Gasteiger partial charge on any atom is 0.232 e. The average Bonchev–Trinajstić information content (AvgIpc) is 2.41. The van der Waals surface area contributed by atoms with Gasteiger partial charge in [-0.1, -0.05) is 11.6 Å². The molecule has 0 radical (unpaired) electrons. The first-order chi connectivity index (χ1) is 9.25. The van der Waals surface area contributed by atoms with Gasteiger partial charge in [-0.05, 0) is 15.9 Å². The highest BCUT2D eigenvalue weighted by molar-refractivity contribution is 9.10. The van der Waals surface area contributed by atoms with E-state index in [1.54, 1.807) is 7.11 Å². The molecular weight excluding hydrogens is 339 g/mol. The van der Waals surface area contributed by atoms with Crippen molar-refractivity contribution in [1.29, 1.82) is 0 Å². The Labute approximate surface area is 125 Å². The zero-order valence-corrected chi connectivity index (χ0v) is 12.9. The van der Waals surface area contributed by atoms with E-state index in [0.717, 1.165) is 0 Å². The first-order valence-electron chi connectivity index (χ1n) is 5.69. The van der Waals surface area contributed by atoms with E-state index in [9.17, 15) is 0 Å². The minimum atomic E-state index is 0.317. The van der Waals surface area contributed by atoms with Crippen molar-refractivity contribution in [2.45, 2.75) is 0 Å². The summed E-state index contributed by atoms with van der Waals surface area (Å²) in [5, 5.41) is 0.317. The lowest BCUT2D eigenvalue weighted by Crippen LogP contribution is -2.12. The summed E-state index contributed by atoms with van der Waals surface area (Å²) in [5.41, 5.74) is 0. The number of rotatable bonds is 10. The summed E-state index contributed by atoms with van der Waals surface area (Å²) in [6.07, 6.45) is 1.34. The van der Waals surface area contributed by atoms with E-state index in [2.05, 4.69) is 25.9 Å². The molecule has 8 heteroatoms. The molecule has 1 aromatic heterocycles. The molecule has 1 aromatic rings. The van der Waals surface area contributed by atoms with Crippen LogP contribution < -0.4 is 4.74 Å². The molecule has 0 aromatic carbocycles. The van der Waals surface area contributed by atoms with Crippen molar-refractivity contribution >= 4 is 27.5 Å². The van der Waals surface area contributed by atoms with Gasteiger partial charge in [0.15, 0.2) is 5.15 Å². The Morgan fingerprint density at radius 2 is 1.68 bits per heavy atom. The first-order valence-corrected chi connectivity index (χ1v) is 6.86. The molecule has 0 aliphatic carbocycles. The molecule has 0 saturated heterocycles. The molecule has 0 aliphatic rings. The number of aromatic nitrogens is 2. The van der Waals surface area contributed by atoms with Crippen molar-refractivity contribution in [2.75, 3.05) is 46.8 Å². The third-order valence-electron chi connectivity index (χ3n) is 1.99. The van der Waals surface area contributed by atoms with Gasteiger partial charge < -0.3 is 18.9 Å². The summed E-state index contributed by atoms with van der Waals surface area (Å²) in [6.45, 7) is 3.03. The van der Waals surface area contributed by atoms with Crippen LogP contribution in [-0.4, -0.2) is 56.7 Å². The molecule has 0 fully saturated rings. The Kier molecular flexibility index (Phi) is 9.02. The lowest BCUT2D eigenvalue weighted by molar-refractivity contribution is 0.0176. The molecule has 0 unspecified atom stereocenters. The van der Waals surface area contributed by atoms with E-state index < -0.39 is 0 Å². The van der Waals surface area contributed by atoms with Gasteiger partial charge in [0.05, 0.1) is 33.0 Å². The summed E-state index contributed by atoms with van der Waals surface area (Å²) in [6, 6.07) is 0. The van der Waals surface area contributed by atoms with Gasteiger partial charge in [-0.15, -0.1) is 0 Å². The van der Waals surface area contributed by atoms with Crippen LogP contribution >= 0.6 is 27.5 Å². The van der Waals surface area contributed by atoms with Gasteiger partial charge in [-0.2, -0.15) is 0 Å². The van der Waals surface area contributed by atoms with Gasteiger partial charge in [0.1, 0.15) is 17.4 Å². The number of hydrogen-bond donors (Lipinski definition) is 0. The molecule has 0 saturated carbocycles. The zero-order chi connectivity index (χ0) is 13.9. The van der Waals surface area contributed by atoms with Gasteiger partial charge in [0.2, 0.25) is 5.88 Å². The molecule has 1 heterocycles. The highest BCUT2D eigenvalue weighted by Crippen LogP contribution is 2.27. The van der Waals surface area contributed by atoms with Gasteiger partial charge in [-0.25, -0.2) is 9.97 Å². The van der Waals surface area contributed by atoms with E-state index in [4.69, 9.17) is 30.5 Å². The van der Waals surface area contributed by atoms with E-state index >= 15 is 0 Å². The standard InChI is InChI=1S/C11H16BrClN2O4/c1-16-2-3-17-4-5-18-6-7-19-11-9(12)10(13)14-8-15-11/h8H,2-7H2,1H3. The topological polar surface area (TPSA) is 62.7 Å². The number of halogens is 2. The minimum absolute atomic E-state index is 0.317. The third-order valence-corrected chi connectivity index (χ3v) is 3.21. The van der Waals surface area contributed by atoms with Gasteiger partial charge >= 0.3 is 0 Å². The summed E-state index contributed by atoms with van der Waals surface area (Å²) >= 11 is 9.04. The van der Waals surface area contributed by atoms with E-state index in [-0.39, 0.29) is 0 Å². The van der Waals surface area contributed by atoms with Crippen LogP contribution in [0.15, 0.2) is 10.8 Å². The Bertz CT molecular complexity index is 371. The molecule has 6 nitrogen and oxygen atoms in total. The van der Waals surface area contributed by atoms with Crippen LogP contribution in [0.5, 0.6) is 5.88 Å². The van der Waals surface area contributed by atoms with Crippen LogP contribution in [-0.2, 0) is 14.2 Å². The SMILES string of the molecule is COCCOCCOCCOc1ncnc(Cl)c1Br. The molecule has 0 spiro atoms. The lowest BCUT2D eigenvalue weighted by atomic mass is 10.6. The summed E-state index contributed by atoms with van der Waals surface area (Å²) in [5.74, 6) is 0.403. The van der Waals surface area contributed by atoms with Crippen LogP contribution in [0.1, 0.15) is 0 Å². The van der Waals surface area contributed by atoms with E-state index in [1.807, 2.05) is 0 Å². The van der Waals surface area contributed by atoms with Crippen LogP contribution in [0.3, 0.4) is 0 Å². The minimum Gasteiger partial charge on any atom is -0.474 e. The Balaban J connectivity index is 2.03. The van der Waals surface area contributed by atoms with Gasteiger partial charge in [0, 0.05) is 7.11 Å². The fourth-order valence-corrected chi connectivity index (χ4v) is 1.54. The molecule has 0 bridgehead atoms. The molecule has 108 valence electrons. The number of nitrogens with zero attached hydrogens (tertiary/aromatic N) is 2. The largest absolute Gasteiger partial charge is 0.474 e. The monoisotopic (exact) mass is 354 g/mol. The number of hydrogen-bond acceptors (Lipinski definition) is 6. The Morgan fingerprint density at radius 1 is 1.05 bits per heavy atom. The van der Waals surface area contributed by atoms with E-state index in [0.29, 0.717) is 55.1 Å². The molecule has 0 atom stereocenters. The second kappa shape index (κ2) is 10.3. The maximum absolute atomic E-state index is 5.80. The molecule has 0 N–H and O–H groups in total. The highest BCUT2D eigenvalue weighted by Gasteiger charge is 2.07. The fraction of sp³-hybridized carbons (Fsp3) is 0.636. The van der Waals surface area contributed by atoms with Crippen molar-refractivity contribution in [2.24, 2.45) is 0 Å². The normalized spacial score (nSPS) is 10.7. The third kappa shape index (κ3) is 7.03. The summed E-state index contributed by atoms with van der Waals surface area (Å²) in [7, 11) is 1.63. The lowest BCUT2D eigenvalue weighted by Gasteiger charge is -2.08. The van der Waals surface area contributed by atoms with Crippen LogP contribution in [0.25, 0.3) is 0 Å².